The number of likely N-dealkylation sites (tertiary alicyclic amines) is 1. The lowest BCUT2D eigenvalue weighted by Crippen LogP contribution is -2.49. The van der Waals surface area contributed by atoms with Gasteiger partial charge in [0, 0.05) is 18.1 Å². The van der Waals surface area contributed by atoms with E-state index in [1.54, 1.807) is 0 Å². The molecule has 2 fully saturated rings. The Morgan fingerprint density at radius 1 is 1.33 bits per heavy atom. The van der Waals surface area contributed by atoms with Gasteiger partial charge in [-0.2, -0.15) is 0 Å². The van der Waals surface area contributed by atoms with E-state index in [0.717, 1.165) is 18.9 Å². The van der Waals surface area contributed by atoms with E-state index < -0.39 is 0 Å². The fourth-order valence-electron chi connectivity index (χ4n) is 3.01. The van der Waals surface area contributed by atoms with Crippen LogP contribution in [0, 0.1) is 5.92 Å². The smallest absolute Gasteiger partial charge is 0.0611 e. The van der Waals surface area contributed by atoms with Crippen LogP contribution < -0.4 is 5.32 Å². The Bertz CT molecular complexity index is 255. The first kappa shape index (κ1) is 14.3. The van der Waals surface area contributed by atoms with Gasteiger partial charge in [-0.3, -0.25) is 0 Å². The van der Waals surface area contributed by atoms with Gasteiger partial charge < -0.3 is 15.3 Å². The summed E-state index contributed by atoms with van der Waals surface area (Å²) in [6.07, 6.45) is 7.72. The lowest BCUT2D eigenvalue weighted by molar-refractivity contribution is 0.121. The van der Waals surface area contributed by atoms with Crippen molar-refractivity contribution in [1.29, 1.82) is 0 Å². The number of piperidine rings is 1. The molecule has 1 saturated heterocycles. The van der Waals surface area contributed by atoms with Crippen LogP contribution in [0.15, 0.2) is 0 Å². The molecular weight excluding hydrogens is 224 g/mol. The van der Waals surface area contributed by atoms with Crippen molar-refractivity contribution >= 4 is 0 Å². The minimum absolute atomic E-state index is 0.0691. The van der Waals surface area contributed by atoms with Crippen molar-refractivity contribution in [1.82, 2.24) is 10.2 Å². The van der Waals surface area contributed by atoms with Crippen molar-refractivity contribution in [2.24, 2.45) is 5.92 Å². The van der Waals surface area contributed by atoms with Gasteiger partial charge in [-0.1, -0.05) is 13.3 Å². The number of aliphatic hydroxyl groups is 1. The zero-order valence-corrected chi connectivity index (χ0v) is 12.1. The number of hydrogen-bond acceptors (Lipinski definition) is 3. The van der Waals surface area contributed by atoms with Crippen LogP contribution in [-0.4, -0.2) is 47.8 Å². The summed E-state index contributed by atoms with van der Waals surface area (Å²) in [4.78, 5) is 2.60. The molecule has 2 N–H and O–H groups in total. The zero-order valence-electron chi connectivity index (χ0n) is 12.1. The summed E-state index contributed by atoms with van der Waals surface area (Å²) >= 11 is 0. The largest absolute Gasteiger partial charge is 0.394 e. The molecule has 106 valence electrons. The van der Waals surface area contributed by atoms with Gasteiger partial charge in [0.25, 0.3) is 0 Å². The maximum absolute atomic E-state index is 9.61. The van der Waals surface area contributed by atoms with E-state index in [9.17, 15) is 5.11 Å². The van der Waals surface area contributed by atoms with E-state index in [4.69, 9.17) is 0 Å². The van der Waals surface area contributed by atoms with Gasteiger partial charge in [0.05, 0.1) is 6.61 Å². The van der Waals surface area contributed by atoms with Crippen LogP contribution in [-0.2, 0) is 0 Å². The third kappa shape index (κ3) is 4.22. The van der Waals surface area contributed by atoms with Gasteiger partial charge in [0.2, 0.25) is 0 Å². The van der Waals surface area contributed by atoms with Crippen LogP contribution in [0.25, 0.3) is 0 Å². The highest BCUT2D eigenvalue weighted by Gasteiger charge is 2.32. The average Bonchev–Trinajstić information content (AvgIpc) is 3.20. The third-order valence-corrected chi connectivity index (χ3v) is 4.64. The highest BCUT2D eigenvalue weighted by atomic mass is 16.3. The van der Waals surface area contributed by atoms with Crippen molar-refractivity contribution < 1.29 is 5.11 Å². The molecule has 0 bridgehead atoms. The molecule has 0 aromatic heterocycles. The summed E-state index contributed by atoms with van der Waals surface area (Å²) in [7, 11) is 0. The van der Waals surface area contributed by atoms with Crippen molar-refractivity contribution in [3.63, 3.8) is 0 Å². The number of nitrogens with zero attached hydrogens (tertiary/aromatic N) is 1. The second-order valence-electron chi connectivity index (χ2n) is 6.60. The lowest BCUT2D eigenvalue weighted by atomic mass is 9.93. The first-order chi connectivity index (χ1) is 8.65. The molecule has 1 aliphatic heterocycles. The van der Waals surface area contributed by atoms with Crippen molar-refractivity contribution in [2.45, 2.75) is 64.0 Å². The van der Waals surface area contributed by atoms with Crippen molar-refractivity contribution in [3.05, 3.63) is 0 Å². The molecule has 1 saturated carbocycles. The van der Waals surface area contributed by atoms with Crippen LogP contribution in [0.3, 0.4) is 0 Å². The Hall–Kier alpha value is -0.120. The monoisotopic (exact) mass is 254 g/mol. The number of rotatable bonds is 7. The molecule has 2 atom stereocenters. The third-order valence-electron chi connectivity index (χ3n) is 4.64. The van der Waals surface area contributed by atoms with Crippen LogP contribution in [0.1, 0.15) is 52.4 Å². The van der Waals surface area contributed by atoms with E-state index in [1.165, 1.54) is 45.2 Å². The maximum Gasteiger partial charge on any atom is 0.0611 e. The zero-order chi connectivity index (χ0) is 13.0. The Labute approximate surface area is 112 Å². The average molecular weight is 254 g/mol. The molecule has 18 heavy (non-hydrogen) atoms. The van der Waals surface area contributed by atoms with Gasteiger partial charge in [-0.05, 0) is 58.0 Å². The molecule has 0 radical (unpaired) electrons. The molecule has 2 unspecified atom stereocenters. The molecule has 3 nitrogen and oxygen atoms in total. The van der Waals surface area contributed by atoms with Gasteiger partial charge in [-0.25, -0.2) is 0 Å². The standard InChI is InChI=1S/C15H30N2O/c1-3-13-5-4-9-17(11-13)10-8-15(2,12-18)16-14-6-7-14/h13-14,16,18H,3-12H2,1-2H3. The highest BCUT2D eigenvalue weighted by Crippen LogP contribution is 2.25. The van der Waals surface area contributed by atoms with E-state index in [1.807, 2.05) is 0 Å². The molecule has 0 aromatic carbocycles. The maximum atomic E-state index is 9.61. The SMILES string of the molecule is CCC1CCCN(CCC(C)(CO)NC2CC2)C1. The second-order valence-corrected chi connectivity index (χ2v) is 6.60. The minimum Gasteiger partial charge on any atom is -0.394 e. The molecule has 1 aliphatic carbocycles. The van der Waals surface area contributed by atoms with E-state index in [2.05, 4.69) is 24.1 Å². The quantitative estimate of drug-likeness (QED) is 0.729. The molecule has 0 aromatic rings. The molecule has 0 amide bonds. The minimum atomic E-state index is -0.0691. The van der Waals surface area contributed by atoms with Crippen molar-refractivity contribution in [2.75, 3.05) is 26.2 Å². The summed E-state index contributed by atoms with van der Waals surface area (Å²) in [6.45, 7) is 8.39. The number of hydrogen-bond donors (Lipinski definition) is 2. The topological polar surface area (TPSA) is 35.5 Å². The predicted octanol–water partition coefficient (Wildman–Crippen LogP) is 2.00. The van der Waals surface area contributed by atoms with Crippen LogP contribution >= 0.6 is 0 Å². The van der Waals surface area contributed by atoms with E-state index in [-0.39, 0.29) is 12.1 Å². The second kappa shape index (κ2) is 6.36. The van der Waals surface area contributed by atoms with E-state index >= 15 is 0 Å². The van der Waals surface area contributed by atoms with E-state index in [0.29, 0.717) is 6.04 Å². The number of aliphatic hydroxyl groups excluding tert-OH is 1. The van der Waals surface area contributed by atoms with Crippen molar-refractivity contribution in [3.8, 4) is 0 Å². The highest BCUT2D eigenvalue weighted by molar-refractivity contribution is 4.93. The summed E-state index contributed by atoms with van der Waals surface area (Å²) in [6, 6.07) is 0.673. The Morgan fingerprint density at radius 3 is 2.72 bits per heavy atom. The molecular formula is C15H30N2O. The molecule has 2 rings (SSSR count). The Balaban J connectivity index is 1.74. The Kier molecular flexibility index (Phi) is 5.05. The predicted molar refractivity (Wildman–Crippen MR) is 75.7 cm³/mol. The van der Waals surface area contributed by atoms with Crippen LogP contribution in [0.2, 0.25) is 0 Å². The summed E-state index contributed by atoms with van der Waals surface area (Å²) < 4.78 is 0. The first-order valence-corrected chi connectivity index (χ1v) is 7.76. The summed E-state index contributed by atoms with van der Waals surface area (Å²) in [5.74, 6) is 0.899. The van der Waals surface area contributed by atoms with Crippen LogP contribution in [0.4, 0.5) is 0 Å². The number of nitrogens with one attached hydrogen (secondary N) is 1. The molecule has 2 aliphatic rings. The van der Waals surface area contributed by atoms with Gasteiger partial charge in [0.1, 0.15) is 0 Å². The first-order valence-electron chi connectivity index (χ1n) is 7.76. The van der Waals surface area contributed by atoms with Gasteiger partial charge in [0.15, 0.2) is 0 Å². The molecule has 1 heterocycles. The molecule has 3 heteroatoms. The Morgan fingerprint density at radius 2 is 2.11 bits per heavy atom. The van der Waals surface area contributed by atoms with Gasteiger partial charge >= 0.3 is 0 Å². The normalized spacial score (nSPS) is 29.2. The van der Waals surface area contributed by atoms with Gasteiger partial charge in [-0.15, -0.1) is 0 Å². The lowest BCUT2D eigenvalue weighted by Gasteiger charge is -2.36. The molecule has 0 spiro atoms. The fraction of sp³-hybridized carbons (Fsp3) is 1.00. The fourth-order valence-corrected chi connectivity index (χ4v) is 3.01. The summed E-state index contributed by atoms with van der Waals surface area (Å²) in [5.41, 5.74) is -0.0691. The summed E-state index contributed by atoms with van der Waals surface area (Å²) in [5, 5.41) is 13.2. The van der Waals surface area contributed by atoms with Crippen LogP contribution in [0.5, 0.6) is 0 Å².